The van der Waals surface area contributed by atoms with Crippen molar-refractivity contribution in [2.75, 3.05) is 19.6 Å². The number of likely N-dealkylation sites (tertiary alicyclic amines) is 1. The Balaban J connectivity index is 1.66. The van der Waals surface area contributed by atoms with Crippen LogP contribution < -0.4 is 11.2 Å². The molecule has 0 aliphatic carbocycles. The maximum atomic E-state index is 12.8. The average Bonchev–Trinajstić information content (AvgIpc) is 3.14. The Morgan fingerprint density at radius 3 is 2.67 bits per heavy atom. The molecule has 7 heteroatoms. The maximum Gasteiger partial charge on any atom is 0.328 e. The molecule has 0 spiro atoms. The molecule has 2 unspecified atom stereocenters. The molecule has 1 amide bonds. The van der Waals surface area contributed by atoms with Crippen LogP contribution in [0.3, 0.4) is 0 Å². The van der Waals surface area contributed by atoms with Crippen LogP contribution in [0.2, 0.25) is 0 Å². The zero-order chi connectivity index (χ0) is 19.4. The predicted molar refractivity (Wildman–Crippen MR) is 104 cm³/mol. The van der Waals surface area contributed by atoms with Crippen LogP contribution in [0, 0.1) is 0 Å². The van der Waals surface area contributed by atoms with Crippen LogP contribution >= 0.6 is 0 Å². The molecule has 1 saturated heterocycles. The van der Waals surface area contributed by atoms with E-state index in [1.54, 1.807) is 0 Å². The fraction of sp³-hybridized carbons (Fsp3) is 0.450. The highest BCUT2D eigenvalue weighted by Crippen LogP contribution is 2.26. The number of amides is 1. The van der Waals surface area contributed by atoms with Crippen LogP contribution in [0.1, 0.15) is 31.9 Å². The fourth-order valence-corrected chi connectivity index (χ4v) is 3.76. The molecule has 0 bridgehead atoms. The van der Waals surface area contributed by atoms with Crippen molar-refractivity contribution in [3.63, 3.8) is 0 Å². The molecule has 1 fully saturated rings. The third-order valence-corrected chi connectivity index (χ3v) is 5.33. The van der Waals surface area contributed by atoms with E-state index in [0.29, 0.717) is 12.6 Å². The highest BCUT2D eigenvalue weighted by atomic mass is 16.2. The predicted octanol–water partition coefficient (Wildman–Crippen LogP) is 1.22. The zero-order valence-electron chi connectivity index (χ0n) is 15.8. The van der Waals surface area contributed by atoms with Gasteiger partial charge in [0.15, 0.2) is 0 Å². The first-order valence-electron chi connectivity index (χ1n) is 9.37. The normalized spacial score (nSPS) is 18.4. The van der Waals surface area contributed by atoms with E-state index in [0.717, 1.165) is 19.5 Å². The van der Waals surface area contributed by atoms with Gasteiger partial charge in [0.05, 0.1) is 0 Å². The number of nitrogens with zero attached hydrogens (tertiary/aromatic N) is 3. The Morgan fingerprint density at radius 2 is 2.00 bits per heavy atom. The average molecular weight is 370 g/mol. The molecule has 2 atom stereocenters. The zero-order valence-corrected chi connectivity index (χ0v) is 15.8. The lowest BCUT2D eigenvalue weighted by atomic mass is 10.1. The van der Waals surface area contributed by atoms with Crippen molar-refractivity contribution in [1.29, 1.82) is 0 Å². The van der Waals surface area contributed by atoms with E-state index in [-0.39, 0.29) is 18.5 Å². The molecule has 27 heavy (non-hydrogen) atoms. The van der Waals surface area contributed by atoms with Crippen molar-refractivity contribution >= 4 is 5.91 Å². The van der Waals surface area contributed by atoms with Gasteiger partial charge >= 0.3 is 5.69 Å². The summed E-state index contributed by atoms with van der Waals surface area (Å²) >= 11 is 0. The number of benzene rings is 1. The van der Waals surface area contributed by atoms with Gasteiger partial charge in [-0.1, -0.05) is 30.3 Å². The second-order valence-corrected chi connectivity index (χ2v) is 6.94. The van der Waals surface area contributed by atoms with Crippen molar-refractivity contribution in [2.24, 2.45) is 0 Å². The Kier molecular flexibility index (Phi) is 5.91. The van der Waals surface area contributed by atoms with E-state index < -0.39 is 11.2 Å². The number of hydrogen-bond acceptors (Lipinski definition) is 4. The summed E-state index contributed by atoms with van der Waals surface area (Å²) in [7, 11) is 0. The number of H-pyrrole nitrogens is 1. The van der Waals surface area contributed by atoms with Gasteiger partial charge in [-0.2, -0.15) is 0 Å². The molecule has 2 heterocycles. The number of carbonyl (C=O) groups excluding carboxylic acids is 1. The fourth-order valence-electron chi connectivity index (χ4n) is 3.76. The van der Waals surface area contributed by atoms with Crippen molar-refractivity contribution < 1.29 is 4.79 Å². The molecule has 1 aliphatic heterocycles. The monoisotopic (exact) mass is 370 g/mol. The van der Waals surface area contributed by atoms with Crippen molar-refractivity contribution in [2.45, 2.75) is 38.9 Å². The molecular formula is C20H26N4O3. The van der Waals surface area contributed by atoms with Gasteiger partial charge in [-0.3, -0.25) is 24.0 Å². The number of rotatable bonds is 6. The molecule has 3 rings (SSSR count). The first kappa shape index (κ1) is 19.1. The summed E-state index contributed by atoms with van der Waals surface area (Å²) in [4.78, 5) is 42.2. The first-order valence-corrected chi connectivity index (χ1v) is 9.37. The summed E-state index contributed by atoms with van der Waals surface area (Å²) < 4.78 is 1.24. The Bertz CT molecular complexity index is 890. The second kappa shape index (κ2) is 8.35. The van der Waals surface area contributed by atoms with Crippen molar-refractivity contribution in [3.8, 4) is 0 Å². The van der Waals surface area contributed by atoms with Gasteiger partial charge in [0.1, 0.15) is 6.54 Å². The van der Waals surface area contributed by atoms with E-state index in [1.165, 1.54) is 22.4 Å². The van der Waals surface area contributed by atoms with Crippen LogP contribution in [-0.4, -0.2) is 50.9 Å². The van der Waals surface area contributed by atoms with Gasteiger partial charge in [-0.15, -0.1) is 0 Å². The third-order valence-electron chi connectivity index (χ3n) is 5.33. The lowest BCUT2D eigenvalue weighted by Gasteiger charge is -2.30. The molecule has 0 saturated carbocycles. The standard InChI is InChI=1S/C20H26N4O3/c1-3-24(19(26)14-23-12-10-18(25)21-20(23)27)17-9-11-22(13-17)15(2)16-7-5-4-6-8-16/h4-8,10,12,15,17H,3,9,11,13-14H2,1-2H3,(H,21,25,27). The summed E-state index contributed by atoms with van der Waals surface area (Å²) in [6, 6.07) is 12.0. The maximum absolute atomic E-state index is 12.8. The van der Waals surface area contributed by atoms with E-state index in [9.17, 15) is 14.4 Å². The van der Waals surface area contributed by atoms with Crippen LogP contribution in [0.4, 0.5) is 0 Å². The summed E-state index contributed by atoms with van der Waals surface area (Å²) in [5.41, 5.74) is 0.252. The molecular weight excluding hydrogens is 344 g/mol. The summed E-state index contributed by atoms with van der Waals surface area (Å²) in [6.45, 7) is 6.43. The Morgan fingerprint density at radius 1 is 1.26 bits per heavy atom. The van der Waals surface area contributed by atoms with Gasteiger partial charge in [0.25, 0.3) is 5.56 Å². The molecule has 2 aromatic rings. The number of likely N-dealkylation sites (N-methyl/N-ethyl adjacent to an activating group) is 1. The minimum absolute atomic E-state index is 0.0613. The van der Waals surface area contributed by atoms with E-state index in [2.05, 4.69) is 28.9 Å². The molecule has 144 valence electrons. The molecule has 1 aliphatic rings. The highest BCUT2D eigenvalue weighted by Gasteiger charge is 2.32. The summed E-state index contributed by atoms with van der Waals surface area (Å²) in [6.07, 6.45) is 2.28. The Labute approximate surface area is 158 Å². The number of hydrogen-bond donors (Lipinski definition) is 1. The lowest BCUT2D eigenvalue weighted by molar-refractivity contribution is -0.133. The topological polar surface area (TPSA) is 78.4 Å². The highest BCUT2D eigenvalue weighted by molar-refractivity contribution is 5.76. The van der Waals surface area contributed by atoms with E-state index >= 15 is 0 Å². The number of nitrogens with one attached hydrogen (secondary N) is 1. The van der Waals surface area contributed by atoms with Gasteiger partial charge in [-0.25, -0.2) is 4.79 Å². The van der Waals surface area contributed by atoms with Gasteiger partial charge in [0, 0.05) is 44.0 Å². The molecule has 1 aromatic carbocycles. The van der Waals surface area contributed by atoms with E-state index in [4.69, 9.17) is 0 Å². The van der Waals surface area contributed by atoms with Crippen LogP contribution in [-0.2, 0) is 11.3 Å². The minimum Gasteiger partial charge on any atom is -0.337 e. The number of aromatic nitrogens is 2. The van der Waals surface area contributed by atoms with Crippen LogP contribution in [0.25, 0.3) is 0 Å². The Hall–Kier alpha value is -2.67. The van der Waals surface area contributed by atoms with Gasteiger partial charge in [0.2, 0.25) is 5.91 Å². The SMILES string of the molecule is CCN(C(=O)Cn1ccc(=O)[nH]c1=O)C1CCN(C(C)c2ccccc2)C1. The minimum atomic E-state index is -0.558. The van der Waals surface area contributed by atoms with Crippen LogP contribution in [0.15, 0.2) is 52.2 Å². The quantitative estimate of drug-likeness (QED) is 0.829. The molecule has 0 radical (unpaired) electrons. The van der Waals surface area contributed by atoms with Crippen molar-refractivity contribution in [1.82, 2.24) is 19.4 Å². The number of aromatic amines is 1. The van der Waals surface area contributed by atoms with E-state index in [1.807, 2.05) is 30.0 Å². The van der Waals surface area contributed by atoms with Gasteiger partial charge in [-0.05, 0) is 25.8 Å². The van der Waals surface area contributed by atoms with Gasteiger partial charge < -0.3 is 4.90 Å². The second-order valence-electron chi connectivity index (χ2n) is 6.94. The summed E-state index contributed by atoms with van der Waals surface area (Å²) in [5.74, 6) is -0.106. The first-order chi connectivity index (χ1) is 13.0. The van der Waals surface area contributed by atoms with Crippen LogP contribution in [0.5, 0.6) is 0 Å². The number of carbonyl (C=O) groups is 1. The smallest absolute Gasteiger partial charge is 0.328 e. The molecule has 1 aromatic heterocycles. The largest absolute Gasteiger partial charge is 0.337 e. The van der Waals surface area contributed by atoms with Crippen molar-refractivity contribution in [3.05, 3.63) is 69.0 Å². The molecule has 1 N–H and O–H groups in total. The molecule has 7 nitrogen and oxygen atoms in total. The third kappa shape index (κ3) is 4.36. The lowest BCUT2D eigenvalue weighted by Crippen LogP contribution is -2.45. The summed E-state index contributed by atoms with van der Waals surface area (Å²) in [5, 5.41) is 0.